The molecule has 0 saturated carbocycles. The van der Waals surface area contributed by atoms with Gasteiger partial charge >= 0.3 is 6.18 Å². The highest BCUT2D eigenvalue weighted by Crippen LogP contribution is 2.33. The molecule has 0 aliphatic carbocycles. The Morgan fingerprint density at radius 1 is 1.13 bits per heavy atom. The summed E-state index contributed by atoms with van der Waals surface area (Å²) in [6.45, 7) is 2.13. The molecule has 1 atom stereocenters. The smallest absolute Gasteiger partial charge is 0.343 e. The number of anilines is 1. The zero-order valence-corrected chi connectivity index (χ0v) is 18.4. The number of hydrogen-bond acceptors (Lipinski definition) is 3. The van der Waals surface area contributed by atoms with Gasteiger partial charge in [0.15, 0.2) is 0 Å². The predicted molar refractivity (Wildman–Crippen MR) is 118 cm³/mol. The van der Waals surface area contributed by atoms with Crippen LogP contribution in [0, 0.1) is 0 Å². The van der Waals surface area contributed by atoms with Crippen LogP contribution >= 0.6 is 23.2 Å². The van der Waals surface area contributed by atoms with Gasteiger partial charge in [-0.1, -0.05) is 23.7 Å². The summed E-state index contributed by atoms with van der Waals surface area (Å²) in [6, 6.07) is 11.8. The lowest BCUT2D eigenvalue weighted by Crippen LogP contribution is -2.54. The fraction of sp³-hybridized carbons (Fsp3) is 0.364. The molecule has 3 rings (SSSR count). The first-order chi connectivity index (χ1) is 14.6. The van der Waals surface area contributed by atoms with Gasteiger partial charge in [-0.3, -0.25) is 9.80 Å². The van der Waals surface area contributed by atoms with Crippen molar-refractivity contribution in [3.8, 4) is 0 Å². The molecule has 2 aromatic rings. The maximum absolute atomic E-state index is 12.9. The minimum atomic E-state index is -4.41. The second kappa shape index (κ2) is 9.49. The number of halogens is 5. The van der Waals surface area contributed by atoms with Crippen molar-refractivity contribution in [3.05, 3.63) is 64.7 Å². The van der Waals surface area contributed by atoms with Crippen molar-refractivity contribution in [2.24, 2.45) is 5.10 Å². The third-order valence-electron chi connectivity index (χ3n) is 5.02. The van der Waals surface area contributed by atoms with Gasteiger partial charge in [0, 0.05) is 22.9 Å². The van der Waals surface area contributed by atoms with Crippen LogP contribution in [-0.4, -0.2) is 29.6 Å². The van der Waals surface area contributed by atoms with Crippen molar-refractivity contribution >= 4 is 40.5 Å². The largest absolute Gasteiger partial charge is 0.416 e. The molecule has 1 unspecified atom stereocenters. The van der Waals surface area contributed by atoms with Crippen LogP contribution in [0.3, 0.4) is 0 Å². The Hall–Kier alpha value is -2.25. The fourth-order valence-electron chi connectivity index (χ4n) is 3.45. The molecule has 0 aromatic heterocycles. The number of amides is 1. The van der Waals surface area contributed by atoms with Crippen LogP contribution in [0.2, 0.25) is 5.02 Å². The lowest BCUT2D eigenvalue weighted by molar-refractivity contribution is -0.137. The van der Waals surface area contributed by atoms with E-state index in [9.17, 15) is 18.0 Å². The van der Waals surface area contributed by atoms with Gasteiger partial charge in [0.25, 0.3) is 0 Å². The van der Waals surface area contributed by atoms with Crippen molar-refractivity contribution in [3.63, 3.8) is 0 Å². The molecule has 2 aromatic carbocycles. The minimum Gasteiger partial charge on any atom is -0.343 e. The molecule has 1 aliphatic heterocycles. The Bertz CT molecular complexity index is 946. The van der Waals surface area contributed by atoms with Crippen molar-refractivity contribution in [1.29, 1.82) is 0 Å². The molecule has 1 N–H and O–H groups in total. The molecule has 0 radical (unpaired) electrons. The highest BCUT2D eigenvalue weighted by molar-refractivity contribution is 6.30. The maximum Gasteiger partial charge on any atom is 0.416 e. The van der Waals surface area contributed by atoms with Gasteiger partial charge < -0.3 is 5.32 Å². The van der Waals surface area contributed by atoms with Crippen molar-refractivity contribution < 1.29 is 18.0 Å². The van der Waals surface area contributed by atoms with Crippen molar-refractivity contribution in [2.45, 2.75) is 37.9 Å². The van der Waals surface area contributed by atoms with Crippen LogP contribution in [0.15, 0.2) is 53.6 Å². The van der Waals surface area contributed by atoms with E-state index in [1.54, 1.807) is 29.3 Å². The lowest BCUT2D eigenvalue weighted by Gasteiger charge is -2.28. The number of hydrazone groups is 1. The SMILES string of the molecule is CC1(NC(=O)CCCCCl)CN(c2ccc(C(F)(F)F)cc2)N=C1c1ccc(Cl)cc1. The van der Waals surface area contributed by atoms with E-state index < -0.39 is 17.3 Å². The first kappa shape index (κ1) is 23.4. The molecule has 1 heterocycles. The number of carbonyl (C=O) groups is 1. The minimum absolute atomic E-state index is 0.136. The van der Waals surface area contributed by atoms with E-state index in [1.807, 2.05) is 6.92 Å². The van der Waals surface area contributed by atoms with Gasteiger partial charge in [-0.25, -0.2) is 0 Å². The predicted octanol–water partition coefficient (Wildman–Crippen LogP) is 5.87. The number of nitrogens with one attached hydrogen (secondary N) is 1. The zero-order chi connectivity index (χ0) is 22.6. The van der Waals surface area contributed by atoms with Gasteiger partial charge in [0.1, 0.15) is 5.54 Å². The van der Waals surface area contributed by atoms with E-state index in [1.165, 1.54) is 12.1 Å². The molecule has 0 fully saturated rings. The zero-order valence-electron chi connectivity index (χ0n) is 16.8. The van der Waals surface area contributed by atoms with Crippen LogP contribution in [0.25, 0.3) is 0 Å². The fourth-order valence-corrected chi connectivity index (χ4v) is 3.76. The quantitative estimate of drug-likeness (QED) is 0.405. The number of nitrogens with zero attached hydrogens (tertiary/aromatic N) is 2. The van der Waals surface area contributed by atoms with Crippen LogP contribution < -0.4 is 10.3 Å². The monoisotopic (exact) mass is 471 g/mol. The number of benzene rings is 2. The normalized spacial score (nSPS) is 18.8. The van der Waals surface area contributed by atoms with Gasteiger partial charge in [-0.05, 0) is 56.2 Å². The van der Waals surface area contributed by atoms with E-state index in [0.29, 0.717) is 35.1 Å². The average molecular weight is 472 g/mol. The standard InChI is InChI=1S/C22H22Cl2F3N3O/c1-21(28-19(31)4-2-3-13-23)14-30(18-11-7-16(8-12-18)22(25,26)27)29-20(21)15-5-9-17(24)10-6-15/h5-12H,2-4,13-14H2,1H3,(H,28,31). The lowest BCUT2D eigenvalue weighted by atomic mass is 9.90. The summed E-state index contributed by atoms with van der Waals surface area (Å²) in [6.07, 6.45) is -2.67. The molecule has 9 heteroatoms. The van der Waals surface area contributed by atoms with Gasteiger partial charge in [0.05, 0.1) is 23.5 Å². The van der Waals surface area contributed by atoms with Crippen LogP contribution in [-0.2, 0) is 11.0 Å². The number of hydrogen-bond donors (Lipinski definition) is 1. The van der Waals surface area contributed by atoms with E-state index in [4.69, 9.17) is 23.2 Å². The second-order valence-corrected chi connectivity index (χ2v) is 8.40. The second-order valence-electron chi connectivity index (χ2n) is 7.58. The number of rotatable bonds is 7. The molecule has 1 amide bonds. The van der Waals surface area contributed by atoms with E-state index >= 15 is 0 Å². The topological polar surface area (TPSA) is 44.7 Å². The summed E-state index contributed by atoms with van der Waals surface area (Å²) in [4.78, 5) is 12.5. The molecular weight excluding hydrogens is 450 g/mol. The Morgan fingerprint density at radius 3 is 2.35 bits per heavy atom. The molecule has 1 aliphatic rings. The first-order valence-electron chi connectivity index (χ1n) is 9.79. The molecule has 0 bridgehead atoms. The van der Waals surface area contributed by atoms with E-state index in [-0.39, 0.29) is 12.5 Å². The Morgan fingerprint density at radius 2 is 1.77 bits per heavy atom. The summed E-state index contributed by atoms with van der Waals surface area (Å²) < 4.78 is 38.7. The molecule has 31 heavy (non-hydrogen) atoms. The van der Waals surface area contributed by atoms with Gasteiger partial charge in [-0.15, -0.1) is 11.6 Å². The van der Waals surface area contributed by atoms with E-state index in [2.05, 4.69) is 10.4 Å². The average Bonchev–Trinajstić information content (AvgIpc) is 3.05. The third-order valence-corrected chi connectivity index (χ3v) is 5.54. The summed E-state index contributed by atoms with van der Waals surface area (Å²) in [7, 11) is 0. The van der Waals surface area contributed by atoms with Crippen molar-refractivity contribution in [1.82, 2.24) is 5.32 Å². The molecule has 4 nitrogen and oxygen atoms in total. The number of alkyl halides is 4. The molecule has 166 valence electrons. The Balaban J connectivity index is 1.89. The first-order valence-corrected chi connectivity index (χ1v) is 10.7. The van der Waals surface area contributed by atoms with Crippen LogP contribution in [0.5, 0.6) is 0 Å². The van der Waals surface area contributed by atoms with Gasteiger partial charge in [-0.2, -0.15) is 18.3 Å². The summed E-state index contributed by atoms with van der Waals surface area (Å²) in [5.74, 6) is 0.354. The maximum atomic E-state index is 12.9. The summed E-state index contributed by atoms with van der Waals surface area (Å²) in [5, 5.41) is 9.85. The highest BCUT2D eigenvalue weighted by Gasteiger charge is 2.41. The Labute approximate surface area is 189 Å². The number of carbonyl (C=O) groups excluding carboxylic acids is 1. The van der Waals surface area contributed by atoms with Crippen LogP contribution in [0.1, 0.15) is 37.3 Å². The van der Waals surface area contributed by atoms with Gasteiger partial charge in [0.2, 0.25) is 5.91 Å². The molecule has 0 spiro atoms. The van der Waals surface area contributed by atoms with Crippen LogP contribution in [0.4, 0.5) is 18.9 Å². The Kier molecular flexibility index (Phi) is 7.17. The molecule has 0 saturated heterocycles. The molecular formula is C22H22Cl2F3N3O. The number of unbranched alkanes of at least 4 members (excludes halogenated alkanes) is 1. The van der Waals surface area contributed by atoms with E-state index in [0.717, 1.165) is 24.1 Å². The summed E-state index contributed by atoms with van der Waals surface area (Å²) >= 11 is 11.7. The highest BCUT2D eigenvalue weighted by atomic mass is 35.5. The third kappa shape index (κ3) is 5.71. The van der Waals surface area contributed by atoms with Crippen molar-refractivity contribution in [2.75, 3.05) is 17.4 Å². The summed E-state index contributed by atoms with van der Waals surface area (Å²) in [5.41, 5.74) is 0.304.